The van der Waals surface area contributed by atoms with Gasteiger partial charge >= 0.3 is 5.97 Å². The van der Waals surface area contributed by atoms with Crippen LogP contribution in [-0.2, 0) is 0 Å². The van der Waals surface area contributed by atoms with Crippen LogP contribution in [0.15, 0.2) is 36.4 Å². The number of aromatic carboxylic acids is 1. The van der Waals surface area contributed by atoms with E-state index < -0.39 is 10.9 Å². The summed E-state index contributed by atoms with van der Waals surface area (Å²) in [5.74, 6) is -1.03. The van der Waals surface area contributed by atoms with E-state index in [0.717, 1.165) is 0 Å². The zero-order valence-corrected chi connectivity index (χ0v) is 11.6. The summed E-state index contributed by atoms with van der Waals surface area (Å²) in [6, 6.07) is 9.51. The van der Waals surface area contributed by atoms with E-state index in [4.69, 9.17) is 5.11 Å². The minimum absolute atomic E-state index is 0.0459. The molecule has 0 unspecified atom stereocenters. The number of carbonyl (C=O) groups is 1. The third kappa shape index (κ3) is 2.84. The van der Waals surface area contributed by atoms with Crippen LogP contribution < -0.4 is 5.32 Å². The summed E-state index contributed by atoms with van der Waals surface area (Å²) in [5.41, 5.74) is 2.55. The van der Waals surface area contributed by atoms with E-state index in [1.807, 2.05) is 0 Å². The third-order valence-corrected chi connectivity index (χ3v) is 3.38. The van der Waals surface area contributed by atoms with Gasteiger partial charge in [0, 0.05) is 17.3 Å². The largest absolute Gasteiger partial charge is 0.478 e. The minimum Gasteiger partial charge on any atom is -0.478 e. The summed E-state index contributed by atoms with van der Waals surface area (Å²) >= 11 is 0. The van der Waals surface area contributed by atoms with Gasteiger partial charge in [0.05, 0.1) is 16.2 Å². The Kier molecular flexibility index (Phi) is 3.89. The number of nitro benzene ring substituents is 1. The first-order valence-corrected chi connectivity index (χ1v) is 6.25. The fourth-order valence-corrected chi connectivity index (χ4v) is 2.06. The molecule has 0 bridgehead atoms. The Hall–Kier alpha value is -2.89. The van der Waals surface area contributed by atoms with Crippen LogP contribution in [0, 0.1) is 24.0 Å². The van der Waals surface area contributed by atoms with Gasteiger partial charge in [0.1, 0.15) is 0 Å². The molecule has 0 spiro atoms. The summed E-state index contributed by atoms with van der Waals surface area (Å²) in [7, 11) is 0. The Morgan fingerprint density at radius 3 is 2.38 bits per heavy atom. The second-order valence-corrected chi connectivity index (χ2v) is 4.62. The molecule has 6 heteroatoms. The van der Waals surface area contributed by atoms with E-state index in [9.17, 15) is 14.9 Å². The van der Waals surface area contributed by atoms with Crippen LogP contribution in [-0.4, -0.2) is 16.0 Å². The molecule has 2 rings (SSSR count). The molecule has 108 valence electrons. The van der Waals surface area contributed by atoms with E-state index in [1.165, 1.54) is 12.1 Å². The van der Waals surface area contributed by atoms with E-state index in [1.54, 1.807) is 38.1 Å². The highest BCUT2D eigenvalue weighted by atomic mass is 16.6. The maximum atomic E-state index is 11.2. The van der Waals surface area contributed by atoms with Gasteiger partial charge in [-0.1, -0.05) is 12.1 Å². The second-order valence-electron chi connectivity index (χ2n) is 4.62. The monoisotopic (exact) mass is 286 g/mol. The summed E-state index contributed by atoms with van der Waals surface area (Å²) in [5, 5.41) is 23.1. The molecule has 2 N–H and O–H groups in total. The van der Waals surface area contributed by atoms with Crippen molar-refractivity contribution in [3.63, 3.8) is 0 Å². The minimum atomic E-state index is -1.03. The van der Waals surface area contributed by atoms with Crippen LogP contribution in [0.5, 0.6) is 0 Å². The molecule has 0 aliphatic carbocycles. The summed E-state index contributed by atoms with van der Waals surface area (Å²) < 4.78 is 0. The quantitative estimate of drug-likeness (QED) is 0.661. The SMILES string of the molecule is Cc1c(Nc2ccccc2C(=O)O)ccc([N+](=O)[O-])c1C. The van der Waals surface area contributed by atoms with Crippen molar-refractivity contribution >= 4 is 23.0 Å². The standard InChI is InChI=1S/C15H14N2O4/c1-9-10(2)14(17(20)21)8-7-12(9)16-13-6-4-3-5-11(13)15(18)19/h3-8,16H,1-2H3,(H,18,19). The van der Waals surface area contributed by atoms with Crippen molar-refractivity contribution in [1.82, 2.24) is 0 Å². The molecule has 2 aromatic rings. The van der Waals surface area contributed by atoms with Crippen LogP contribution in [0.3, 0.4) is 0 Å². The summed E-state index contributed by atoms with van der Waals surface area (Å²) in [6.45, 7) is 3.43. The highest BCUT2D eigenvalue weighted by Crippen LogP contribution is 2.30. The number of nitrogens with zero attached hydrogens (tertiary/aromatic N) is 1. The number of hydrogen-bond acceptors (Lipinski definition) is 4. The highest BCUT2D eigenvalue weighted by molar-refractivity contribution is 5.95. The molecule has 0 fully saturated rings. The van der Waals surface area contributed by atoms with Crippen LogP contribution in [0.2, 0.25) is 0 Å². The zero-order valence-electron chi connectivity index (χ0n) is 11.6. The predicted molar refractivity (Wildman–Crippen MR) is 79.3 cm³/mol. The van der Waals surface area contributed by atoms with Crippen LogP contribution in [0.25, 0.3) is 0 Å². The van der Waals surface area contributed by atoms with Gasteiger partial charge in [-0.15, -0.1) is 0 Å². The van der Waals surface area contributed by atoms with Crippen molar-refractivity contribution in [1.29, 1.82) is 0 Å². The molecule has 0 heterocycles. The van der Waals surface area contributed by atoms with Crippen molar-refractivity contribution in [3.8, 4) is 0 Å². The number of hydrogen-bond donors (Lipinski definition) is 2. The molecule has 0 aliphatic rings. The maximum Gasteiger partial charge on any atom is 0.337 e. The first-order valence-electron chi connectivity index (χ1n) is 6.25. The lowest BCUT2D eigenvalue weighted by Gasteiger charge is -2.13. The van der Waals surface area contributed by atoms with E-state index in [2.05, 4.69) is 5.32 Å². The molecular weight excluding hydrogens is 272 g/mol. The highest BCUT2D eigenvalue weighted by Gasteiger charge is 2.16. The van der Waals surface area contributed by atoms with Crippen LogP contribution >= 0.6 is 0 Å². The summed E-state index contributed by atoms with van der Waals surface area (Å²) in [4.78, 5) is 21.6. The third-order valence-electron chi connectivity index (χ3n) is 3.38. The second kappa shape index (κ2) is 5.62. The van der Waals surface area contributed by atoms with Gasteiger partial charge in [-0.25, -0.2) is 4.79 Å². The van der Waals surface area contributed by atoms with Crippen LogP contribution in [0.4, 0.5) is 17.1 Å². The number of para-hydroxylation sites is 1. The van der Waals surface area contributed by atoms with Gasteiger partial charge in [-0.3, -0.25) is 10.1 Å². The first-order chi connectivity index (χ1) is 9.91. The van der Waals surface area contributed by atoms with Gasteiger partial charge in [-0.2, -0.15) is 0 Å². The molecule has 21 heavy (non-hydrogen) atoms. The number of carboxylic acid groups (broad SMARTS) is 1. The van der Waals surface area contributed by atoms with Crippen LogP contribution in [0.1, 0.15) is 21.5 Å². The Bertz CT molecular complexity index is 726. The molecule has 0 atom stereocenters. The molecule has 0 saturated heterocycles. The molecule has 0 amide bonds. The molecule has 2 aromatic carbocycles. The topological polar surface area (TPSA) is 92.5 Å². The van der Waals surface area contributed by atoms with Gasteiger partial charge in [0.15, 0.2) is 0 Å². The molecule has 6 nitrogen and oxygen atoms in total. The molecular formula is C15H14N2O4. The molecule has 0 radical (unpaired) electrons. The molecule has 0 aromatic heterocycles. The first kappa shape index (κ1) is 14.5. The molecule has 0 aliphatic heterocycles. The number of anilines is 2. The smallest absolute Gasteiger partial charge is 0.337 e. The molecule has 0 saturated carbocycles. The zero-order chi connectivity index (χ0) is 15.6. The number of benzene rings is 2. The lowest BCUT2D eigenvalue weighted by molar-refractivity contribution is -0.385. The number of carboxylic acids is 1. The van der Waals surface area contributed by atoms with Crippen molar-refractivity contribution < 1.29 is 14.8 Å². The average Bonchev–Trinajstić information content (AvgIpc) is 2.44. The Labute approximate surface area is 121 Å². The van der Waals surface area contributed by atoms with E-state index in [0.29, 0.717) is 22.5 Å². The van der Waals surface area contributed by atoms with E-state index >= 15 is 0 Å². The van der Waals surface area contributed by atoms with Crippen molar-refractivity contribution in [2.75, 3.05) is 5.32 Å². The number of nitro groups is 1. The normalized spacial score (nSPS) is 10.2. The Morgan fingerprint density at radius 1 is 1.10 bits per heavy atom. The van der Waals surface area contributed by atoms with Crippen molar-refractivity contribution in [2.45, 2.75) is 13.8 Å². The Morgan fingerprint density at radius 2 is 1.76 bits per heavy atom. The predicted octanol–water partition coefficient (Wildman–Crippen LogP) is 3.65. The lowest BCUT2D eigenvalue weighted by atomic mass is 10.1. The van der Waals surface area contributed by atoms with Crippen molar-refractivity contribution in [3.05, 3.63) is 63.2 Å². The van der Waals surface area contributed by atoms with Gasteiger partial charge in [0.2, 0.25) is 0 Å². The van der Waals surface area contributed by atoms with Crippen molar-refractivity contribution in [2.24, 2.45) is 0 Å². The lowest BCUT2D eigenvalue weighted by Crippen LogP contribution is -2.04. The summed E-state index contributed by atoms with van der Waals surface area (Å²) in [6.07, 6.45) is 0. The number of nitrogens with one attached hydrogen (secondary N) is 1. The Balaban J connectivity index is 2.44. The fraction of sp³-hybridized carbons (Fsp3) is 0.133. The van der Waals surface area contributed by atoms with Gasteiger partial charge in [-0.05, 0) is 37.6 Å². The fourth-order valence-electron chi connectivity index (χ4n) is 2.06. The van der Waals surface area contributed by atoms with Gasteiger partial charge in [0.25, 0.3) is 5.69 Å². The van der Waals surface area contributed by atoms with E-state index in [-0.39, 0.29) is 11.3 Å². The number of rotatable bonds is 4. The van der Waals surface area contributed by atoms with Gasteiger partial charge < -0.3 is 10.4 Å². The average molecular weight is 286 g/mol. The maximum absolute atomic E-state index is 11.2.